The molecule has 0 spiro atoms. The minimum Gasteiger partial charge on any atom is -0.354 e. The lowest BCUT2D eigenvalue weighted by molar-refractivity contribution is -0.141. The monoisotopic (exact) mass is 407 g/mol. The lowest BCUT2D eigenvalue weighted by atomic mass is 10.2. The van der Waals surface area contributed by atoms with Gasteiger partial charge in [-0.25, -0.2) is 9.97 Å². The number of aromatic nitrogens is 5. The molecule has 0 atom stereocenters. The SMILES string of the molecule is CC(C)CNc1nc(Nc2ccnc(F)c2)nc(-c2cccc(C(F)(F)F)n2)n1. The molecule has 0 aliphatic carbocycles. The van der Waals surface area contributed by atoms with Crippen LogP contribution in [0, 0.1) is 11.9 Å². The van der Waals surface area contributed by atoms with Crippen LogP contribution in [0.25, 0.3) is 11.5 Å². The number of hydrogen-bond donors (Lipinski definition) is 2. The highest BCUT2D eigenvalue weighted by molar-refractivity contribution is 5.58. The first-order valence-electron chi connectivity index (χ1n) is 8.64. The van der Waals surface area contributed by atoms with Gasteiger partial charge in [-0.2, -0.15) is 32.5 Å². The highest BCUT2D eigenvalue weighted by Gasteiger charge is 2.32. The lowest BCUT2D eigenvalue weighted by Crippen LogP contribution is -2.13. The molecule has 152 valence electrons. The number of hydrogen-bond acceptors (Lipinski definition) is 7. The third kappa shape index (κ3) is 5.56. The Morgan fingerprint density at radius 2 is 1.76 bits per heavy atom. The molecule has 11 heteroatoms. The number of nitrogens with one attached hydrogen (secondary N) is 2. The summed E-state index contributed by atoms with van der Waals surface area (Å²) in [4.78, 5) is 19.6. The van der Waals surface area contributed by atoms with E-state index in [1.807, 2.05) is 13.8 Å². The van der Waals surface area contributed by atoms with Gasteiger partial charge in [0.05, 0.1) is 0 Å². The van der Waals surface area contributed by atoms with E-state index >= 15 is 0 Å². The van der Waals surface area contributed by atoms with Gasteiger partial charge in [-0.05, 0) is 24.1 Å². The summed E-state index contributed by atoms with van der Waals surface area (Å²) in [6, 6.07) is 6.08. The van der Waals surface area contributed by atoms with Crippen LogP contribution in [0.3, 0.4) is 0 Å². The maximum atomic E-state index is 13.3. The molecular formula is C18H17F4N7. The second-order valence-electron chi connectivity index (χ2n) is 6.48. The van der Waals surface area contributed by atoms with E-state index < -0.39 is 17.8 Å². The van der Waals surface area contributed by atoms with E-state index in [0.717, 1.165) is 12.1 Å². The van der Waals surface area contributed by atoms with Crippen molar-refractivity contribution < 1.29 is 17.6 Å². The Labute approximate surface area is 163 Å². The van der Waals surface area contributed by atoms with Gasteiger partial charge in [-0.1, -0.05) is 19.9 Å². The van der Waals surface area contributed by atoms with Crippen molar-refractivity contribution in [2.75, 3.05) is 17.2 Å². The zero-order valence-corrected chi connectivity index (χ0v) is 15.5. The van der Waals surface area contributed by atoms with E-state index in [4.69, 9.17) is 0 Å². The topological polar surface area (TPSA) is 88.5 Å². The van der Waals surface area contributed by atoms with Gasteiger partial charge in [0, 0.05) is 24.5 Å². The predicted octanol–water partition coefficient (Wildman–Crippen LogP) is 4.30. The Hall–Kier alpha value is -3.37. The third-order valence-corrected chi connectivity index (χ3v) is 3.56. The molecule has 3 rings (SSSR count). The lowest BCUT2D eigenvalue weighted by Gasteiger charge is -2.12. The molecule has 29 heavy (non-hydrogen) atoms. The summed E-state index contributed by atoms with van der Waals surface area (Å²) in [6.07, 6.45) is -3.34. The molecule has 0 fully saturated rings. The summed E-state index contributed by atoms with van der Waals surface area (Å²) >= 11 is 0. The molecule has 7 nitrogen and oxygen atoms in total. The van der Waals surface area contributed by atoms with Crippen LogP contribution >= 0.6 is 0 Å². The fourth-order valence-corrected chi connectivity index (χ4v) is 2.25. The second-order valence-corrected chi connectivity index (χ2v) is 6.48. The molecule has 0 saturated carbocycles. The molecule has 0 radical (unpaired) electrons. The van der Waals surface area contributed by atoms with Crippen LogP contribution in [0.15, 0.2) is 36.5 Å². The molecule has 0 bridgehead atoms. The Kier molecular flexibility index (Phi) is 5.85. The number of anilines is 3. The van der Waals surface area contributed by atoms with Crippen molar-refractivity contribution in [3.63, 3.8) is 0 Å². The van der Waals surface area contributed by atoms with E-state index in [1.165, 1.54) is 24.4 Å². The van der Waals surface area contributed by atoms with Crippen molar-refractivity contribution >= 4 is 17.6 Å². The molecule has 0 aliphatic rings. The van der Waals surface area contributed by atoms with E-state index in [9.17, 15) is 17.6 Å². The first kappa shape index (κ1) is 20.4. The number of halogens is 4. The molecule has 0 saturated heterocycles. The number of nitrogens with zero attached hydrogens (tertiary/aromatic N) is 5. The molecule has 3 heterocycles. The molecule has 3 aromatic rings. The fourth-order valence-electron chi connectivity index (χ4n) is 2.25. The van der Waals surface area contributed by atoms with E-state index in [0.29, 0.717) is 12.2 Å². The van der Waals surface area contributed by atoms with E-state index in [-0.39, 0.29) is 29.3 Å². The van der Waals surface area contributed by atoms with Gasteiger partial charge in [-0.15, -0.1) is 0 Å². The van der Waals surface area contributed by atoms with Crippen LogP contribution in [0.2, 0.25) is 0 Å². The van der Waals surface area contributed by atoms with Crippen LogP contribution in [0.5, 0.6) is 0 Å². The van der Waals surface area contributed by atoms with Crippen molar-refractivity contribution in [3.05, 3.63) is 48.2 Å². The average molecular weight is 407 g/mol. The van der Waals surface area contributed by atoms with Gasteiger partial charge in [-0.3, -0.25) is 0 Å². The maximum absolute atomic E-state index is 13.3. The molecular weight excluding hydrogens is 390 g/mol. The van der Waals surface area contributed by atoms with Gasteiger partial charge in [0.25, 0.3) is 0 Å². The molecule has 2 N–H and O–H groups in total. The Morgan fingerprint density at radius 3 is 2.45 bits per heavy atom. The normalized spacial score (nSPS) is 11.6. The van der Waals surface area contributed by atoms with Crippen LogP contribution < -0.4 is 10.6 Å². The predicted molar refractivity (Wildman–Crippen MR) is 98.9 cm³/mol. The third-order valence-electron chi connectivity index (χ3n) is 3.56. The van der Waals surface area contributed by atoms with Gasteiger partial charge >= 0.3 is 6.18 Å². The highest BCUT2D eigenvalue weighted by Crippen LogP contribution is 2.29. The molecule has 0 aliphatic heterocycles. The van der Waals surface area contributed by atoms with Crippen molar-refractivity contribution in [2.45, 2.75) is 20.0 Å². The largest absolute Gasteiger partial charge is 0.433 e. The van der Waals surface area contributed by atoms with Crippen LogP contribution in [0.1, 0.15) is 19.5 Å². The standard InChI is InChI=1S/C18H17F4N7/c1-10(2)9-24-16-27-15(12-4-3-5-13(26-12)18(20,21)22)28-17(29-16)25-11-6-7-23-14(19)8-11/h3-8,10H,9H2,1-2H3,(H2,23,24,25,27,28,29). The van der Waals surface area contributed by atoms with Crippen molar-refractivity contribution in [3.8, 4) is 11.5 Å². The summed E-state index contributed by atoms with van der Waals surface area (Å²) in [5, 5.41) is 5.79. The quantitative estimate of drug-likeness (QED) is 0.465. The zero-order valence-electron chi connectivity index (χ0n) is 15.5. The minimum atomic E-state index is -4.60. The minimum absolute atomic E-state index is 0.0195. The Balaban J connectivity index is 2.00. The van der Waals surface area contributed by atoms with Gasteiger partial charge in [0.15, 0.2) is 5.82 Å². The number of rotatable bonds is 6. The molecule has 0 unspecified atom stereocenters. The molecule has 0 aromatic carbocycles. The second kappa shape index (κ2) is 8.33. The van der Waals surface area contributed by atoms with Gasteiger partial charge < -0.3 is 10.6 Å². The van der Waals surface area contributed by atoms with Gasteiger partial charge in [0.2, 0.25) is 17.8 Å². The summed E-state index contributed by atoms with van der Waals surface area (Å²) in [6.45, 7) is 4.48. The van der Waals surface area contributed by atoms with Gasteiger partial charge in [0.1, 0.15) is 11.4 Å². The summed E-state index contributed by atoms with van der Waals surface area (Å²) in [5.41, 5.74) is -0.807. The average Bonchev–Trinajstić information content (AvgIpc) is 2.66. The molecule has 3 aromatic heterocycles. The summed E-state index contributed by atoms with van der Waals surface area (Å²) in [5.74, 6) is -0.324. The van der Waals surface area contributed by atoms with Crippen molar-refractivity contribution in [2.24, 2.45) is 5.92 Å². The zero-order chi connectivity index (χ0) is 21.0. The Morgan fingerprint density at radius 1 is 1.00 bits per heavy atom. The number of pyridine rings is 2. The van der Waals surface area contributed by atoms with Crippen LogP contribution in [-0.2, 0) is 6.18 Å². The van der Waals surface area contributed by atoms with E-state index in [1.54, 1.807) is 0 Å². The fraction of sp³-hybridized carbons (Fsp3) is 0.278. The summed E-state index contributed by atoms with van der Waals surface area (Å²) in [7, 11) is 0. The Bertz CT molecular complexity index is 992. The smallest absolute Gasteiger partial charge is 0.354 e. The summed E-state index contributed by atoms with van der Waals surface area (Å²) < 4.78 is 52.3. The van der Waals surface area contributed by atoms with Crippen molar-refractivity contribution in [1.29, 1.82) is 0 Å². The molecule has 0 amide bonds. The van der Waals surface area contributed by atoms with Crippen LogP contribution in [0.4, 0.5) is 35.1 Å². The first-order valence-corrected chi connectivity index (χ1v) is 8.64. The van der Waals surface area contributed by atoms with Crippen molar-refractivity contribution in [1.82, 2.24) is 24.9 Å². The first-order chi connectivity index (χ1) is 13.7. The number of alkyl halides is 3. The highest BCUT2D eigenvalue weighted by atomic mass is 19.4. The van der Waals surface area contributed by atoms with Crippen LogP contribution in [-0.4, -0.2) is 31.5 Å². The van der Waals surface area contributed by atoms with E-state index in [2.05, 4.69) is 35.6 Å². The maximum Gasteiger partial charge on any atom is 0.433 e.